The van der Waals surface area contributed by atoms with Crippen molar-refractivity contribution < 1.29 is 32.2 Å². The van der Waals surface area contributed by atoms with Crippen molar-refractivity contribution in [2.24, 2.45) is 5.92 Å². The Morgan fingerprint density at radius 3 is 2.78 bits per heavy atom. The first-order valence-electron chi connectivity index (χ1n) is 10.2. The fraction of sp³-hybridized carbons (Fsp3) is 0.409. The maximum Gasteiger partial charge on any atom is 0.573 e. The van der Waals surface area contributed by atoms with Crippen molar-refractivity contribution in [2.75, 3.05) is 18.5 Å². The summed E-state index contributed by atoms with van der Waals surface area (Å²) >= 11 is 0. The Bertz CT molecular complexity index is 979. The van der Waals surface area contributed by atoms with Gasteiger partial charge in [0.15, 0.2) is 0 Å². The molecule has 1 aromatic heterocycles. The summed E-state index contributed by atoms with van der Waals surface area (Å²) in [6, 6.07) is 7.10. The third-order valence-electron chi connectivity index (χ3n) is 4.94. The minimum Gasteiger partial charge on any atom is -0.466 e. The second kappa shape index (κ2) is 9.88. The van der Waals surface area contributed by atoms with Crippen LogP contribution in [0.1, 0.15) is 48.5 Å². The van der Waals surface area contributed by atoms with Crippen LogP contribution in [0.25, 0.3) is 0 Å². The number of nitrogens with one attached hydrogen (secondary N) is 2. The zero-order valence-electron chi connectivity index (χ0n) is 17.7. The quantitative estimate of drug-likeness (QED) is 0.602. The van der Waals surface area contributed by atoms with Gasteiger partial charge in [-0.2, -0.15) is 0 Å². The van der Waals surface area contributed by atoms with Crippen molar-refractivity contribution >= 4 is 23.4 Å². The maximum absolute atomic E-state index is 12.7. The predicted octanol–water partition coefficient (Wildman–Crippen LogP) is 4.53. The summed E-state index contributed by atoms with van der Waals surface area (Å²) in [5.74, 6) is -0.516. The second-order valence-electron chi connectivity index (χ2n) is 7.80. The van der Waals surface area contributed by atoms with E-state index in [0.717, 1.165) is 5.56 Å². The van der Waals surface area contributed by atoms with Crippen LogP contribution in [-0.4, -0.2) is 36.4 Å². The van der Waals surface area contributed by atoms with Crippen molar-refractivity contribution in [1.82, 2.24) is 10.3 Å². The molecule has 32 heavy (non-hydrogen) atoms. The average molecular weight is 451 g/mol. The van der Waals surface area contributed by atoms with Crippen LogP contribution in [0.3, 0.4) is 0 Å². The third-order valence-corrected chi connectivity index (χ3v) is 4.94. The SMILES string of the molecule is CC(C)c1cc(Nc2cccc(OC(F)(F)F)c2)ncc1C(=O)NCC1CCOC(=O)C1. The van der Waals surface area contributed by atoms with Gasteiger partial charge < -0.3 is 20.1 Å². The monoisotopic (exact) mass is 451 g/mol. The summed E-state index contributed by atoms with van der Waals surface area (Å²) in [4.78, 5) is 28.4. The Balaban J connectivity index is 1.71. The van der Waals surface area contributed by atoms with Crippen LogP contribution < -0.4 is 15.4 Å². The highest BCUT2D eigenvalue weighted by Gasteiger charge is 2.31. The van der Waals surface area contributed by atoms with Gasteiger partial charge in [0.05, 0.1) is 18.6 Å². The number of alkyl halides is 3. The maximum atomic E-state index is 12.7. The predicted molar refractivity (Wildman–Crippen MR) is 111 cm³/mol. The van der Waals surface area contributed by atoms with E-state index in [9.17, 15) is 22.8 Å². The van der Waals surface area contributed by atoms with Gasteiger partial charge in [0.25, 0.3) is 5.91 Å². The molecule has 172 valence electrons. The molecule has 1 aliphatic rings. The fourth-order valence-corrected chi connectivity index (χ4v) is 3.37. The summed E-state index contributed by atoms with van der Waals surface area (Å²) in [6.45, 7) is 4.56. The van der Waals surface area contributed by atoms with E-state index in [-0.39, 0.29) is 35.9 Å². The average Bonchev–Trinajstić information content (AvgIpc) is 2.71. The van der Waals surface area contributed by atoms with Gasteiger partial charge >= 0.3 is 12.3 Å². The van der Waals surface area contributed by atoms with Crippen molar-refractivity contribution in [1.29, 1.82) is 0 Å². The number of pyridine rings is 1. The lowest BCUT2D eigenvalue weighted by atomic mass is 9.97. The molecule has 0 bridgehead atoms. The standard InChI is InChI=1S/C22H24F3N3O4/c1-13(2)17-10-19(28-15-4-3-5-16(9-15)32-22(23,24)25)26-12-18(17)21(30)27-11-14-6-7-31-20(29)8-14/h3-5,9-10,12-14H,6-8,11H2,1-2H3,(H,26,28)(H,27,30). The normalized spacial score (nSPS) is 16.4. The van der Waals surface area contributed by atoms with Gasteiger partial charge in [-0.05, 0) is 42.0 Å². The Kier molecular flexibility index (Phi) is 7.22. The molecule has 1 aliphatic heterocycles. The number of hydrogen-bond donors (Lipinski definition) is 2. The molecule has 2 heterocycles. The highest BCUT2D eigenvalue weighted by molar-refractivity contribution is 5.96. The van der Waals surface area contributed by atoms with Crippen LogP contribution in [0.4, 0.5) is 24.7 Å². The Labute approximate surface area is 183 Å². The van der Waals surface area contributed by atoms with E-state index in [1.807, 2.05) is 13.8 Å². The third kappa shape index (κ3) is 6.60. The number of anilines is 2. The first-order valence-corrected chi connectivity index (χ1v) is 10.2. The van der Waals surface area contributed by atoms with Crippen LogP contribution in [-0.2, 0) is 9.53 Å². The Morgan fingerprint density at radius 2 is 2.09 bits per heavy atom. The molecule has 1 fully saturated rings. The lowest BCUT2D eigenvalue weighted by Gasteiger charge is -2.22. The second-order valence-corrected chi connectivity index (χ2v) is 7.80. The largest absolute Gasteiger partial charge is 0.573 e. The van der Waals surface area contributed by atoms with Crippen molar-refractivity contribution in [3.8, 4) is 5.75 Å². The number of carbonyl (C=O) groups excluding carboxylic acids is 2. The van der Waals surface area contributed by atoms with E-state index < -0.39 is 6.36 Å². The number of hydrogen-bond acceptors (Lipinski definition) is 6. The zero-order chi connectivity index (χ0) is 23.3. The first kappa shape index (κ1) is 23.4. The van der Waals surface area contributed by atoms with Crippen molar-refractivity contribution in [3.63, 3.8) is 0 Å². The molecule has 0 spiro atoms. The van der Waals surface area contributed by atoms with E-state index in [1.54, 1.807) is 12.1 Å². The van der Waals surface area contributed by atoms with Crippen LogP contribution in [0, 0.1) is 5.92 Å². The molecule has 1 saturated heterocycles. The summed E-state index contributed by atoms with van der Waals surface area (Å²) in [6.07, 6.45) is -2.39. The highest BCUT2D eigenvalue weighted by Crippen LogP contribution is 2.28. The molecule has 2 N–H and O–H groups in total. The summed E-state index contributed by atoms with van der Waals surface area (Å²) in [5, 5.41) is 5.79. The van der Waals surface area contributed by atoms with Gasteiger partial charge in [-0.3, -0.25) is 9.59 Å². The van der Waals surface area contributed by atoms with Crippen molar-refractivity contribution in [3.05, 3.63) is 47.7 Å². The molecular weight excluding hydrogens is 427 g/mol. The molecule has 0 aliphatic carbocycles. The molecule has 10 heteroatoms. The molecule has 1 atom stereocenters. The van der Waals surface area contributed by atoms with Crippen LogP contribution in [0.5, 0.6) is 5.75 Å². The van der Waals surface area contributed by atoms with Gasteiger partial charge in [0.1, 0.15) is 11.6 Å². The molecule has 0 saturated carbocycles. The lowest BCUT2D eigenvalue weighted by Crippen LogP contribution is -2.34. The van der Waals surface area contributed by atoms with E-state index >= 15 is 0 Å². The molecule has 3 rings (SSSR count). The zero-order valence-corrected chi connectivity index (χ0v) is 17.7. The number of amides is 1. The van der Waals surface area contributed by atoms with E-state index in [4.69, 9.17) is 4.74 Å². The minimum absolute atomic E-state index is 0.0103. The minimum atomic E-state index is -4.78. The number of rotatable bonds is 7. The van der Waals surface area contributed by atoms with Crippen LogP contribution in [0.15, 0.2) is 36.5 Å². The molecule has 1 unspecified atom stereocenters. The summed E-state index contributed by atoms with van der Waals surface area (Å²) < 4.78 is 46.2. The van der Waals surface area contributed by atoms with Crippen LogP contribution in [0.2, 0.25) is 0 Å². The number of benzene rings is 1. The first-order chi connectivity index (χ1) is 15.1. The van der Waals surface area contributed by atoms with Gasteiger partial charge in [-0.15, -0.1) is 13.2 Å². The molecule has 1 aromatic carbocycles. The number of carbonyl (C=O) groups is 2. The van der Waals surface area contributed by atoms with Gasteiger partial charge in [0.2, 0.25) is 0 Å². The Hall–Kier alpha value is -3.30. The van der Waals surface area contributed by atoms with Gasteiger partial charge in [0, 0.05) is 24.5 Å². The Morgan fingerprint density at radius 1 is 1.31 bits per heavy atom. The number of halogens is 3. The van der Waals surface area contributed by atoms with Crippen LogP contribution >= 0.6 is 0 Å². The molecular formula is C22H24F3N3O4. The highest BCUT2D eigenvalue weighted by atomic mass is 19.4. The molecule has 0 radical (unpaired) electrons. The number of nitrogens with zero attached hydrogens (tertiary/aromatic N) is 1. The number of aromatic nitrogens is 1. The summed E-state index contributed by atoms with van der Waals surface area (Å²) in [5.41, 5.74) is 1.49. The molecule has 1 amide bonds. The van der Waals surface area contributed by atoms with Gasteiger partial charge in [-0.1, -0.05) is 19.9 Å². The number of esters is 1. The smallest absolute Gasteiger partial charge is 0.466 e. The van der Waals surface area contributed by atoms with E-state index in [0.29, 0.717) is 36.6 Å². The van der Waals surface area contributed by atoms with Crippen molar-refractivity contribution in [2.45, 2.75) is 39.0 Å². The molecule has 7 nitrogen and oxygen atoms in total. The lowest BCUT2D eigenvalue weighted by molar-refractivity contribution is -0.274. The molecule has 2 aromatic rings. The van der Waals surface area contributed by atoms with E-state index in [1.165, 1.54) is 24.4 Å². The number of cyclic esters (lactones) is 1. The fourth-order valence-electron chi connectivity index (χ4n) is 3.37. The van der Waals surface area contributed by atoms with Gasteiger partial charge in [-0.25, -0.2) is 4.98 Å². The van der Waals surface area contributed by atoms with E-state index in [2.05, 4.69) is 20.4 Å². The topological polar surface area (TPSA) is 89.6 Å². The number of ether oxygens (including phenoxy) is 2. The summed E-state index contributed by atoms with van der Waals surface area (Å²) in [7, 11) is 0.